The van der Waals surface area contributed by atoms with E-state index in [1.165, 1.54) is 6.42 Å². The number of carbonyl (C=O) groups is 1. The van der Waals surface area contributed by atoms with Gasteiger partial charge in [-0.15, -0.1) is 0 Å². The number of rotatable bonds is 4. The zero-order valence-corrected chi connectivity index (χ0v) is 11.2. The molecule has 0 amide bonds. The minimum Gasteiger partial charge on any atom is -0.466 e. The first-order valence-electron chi connectivity index (χ1n) is 7.12. The molecule has 2 fully saturated rings. The molecule has 3 atom stereocenters. The first-order valence-corrected chi connectivity index (χ1v) is 7.12. The maximum Gasteiger partial charge on any atom is 0.309 e. The molecule has 0 radical (unpaired) electrons. The van der Waals surface area contributed by atoms with E-state index in [1.54, 1.807) is 0 Å². The van der Waals surface area contributed by atoms with E-state index in [4.69, 9.17) is 9.47 Å². The van der Waals surface area contributed by atoms with E-state index >= 15 is 0 Å². The number of hydrogen-bond acceptors (Lipinski definition) is 4. The van der Waals surface area contributed by atoms with Crippen molar-refractivity contribution in [3.8, 4) is 0 Å². The van der Waals surface area contributed by atoms with Gasteiger partial charge in [0.05, 0.1) is 18.7 Å². The van der Waals surface area contributed by atoms with Crippen molar-refractivity contribution >= 4 is 5.97 Å². The summed E-state index contributed by atoms with van der Waals surface area (Å²) in [5.41, 5.74) is 1.13. The van der Waals surface area contributed by atoms with Gasteiger partial charge in [-0.25, -0.2) is 4.68 Å². The normalized spacial score (nSPS) is 30.1. The third-order valence-electron chi connectivity index (χ3n) is 3.88. The van der Waals surface area contributed by atoms with Gasteiger partial charge in [-0.1, -0.05) is 0 Å². The first-order chi connectivity index (χ1) is 9.29. The molecule has 1 aromatic rings. The van der Waals surface area contributed by atoms with Crippen LogP contribution in [-0.4, -0.2) is 29.0 Å². The van der Waals surface area contributed by atoms with Gasteiger partial charge in [0, 0.05) is 18.7 Å². The van der Waals surface area contributed by atoms with Crippen molar-refractivity contribution in [2.45, 2.75) is 44.8 Å². The summed E-state index contributed by atoms with van der Waals surface area (Å²) < 4.78 is 12.6. The fourth-order valence-corrected chi connectivity index (χ4v) is 2.71. The van der Waals surface area contributed by atoms with Crippen molar-refractivity contribution in [1.82, 2.24) is 9.78 Å². The number of hydrogen-bond donors (Lipinski definition) is 0. The Balaban J connectivity index is 1.61. The van der Waals surface area contributed by atoms with Crippen LogP contribution in [-0.2, 0) is 14.3 Å². The van der Waals surface area contributed by atoms with Crippen molar-refractivity contribution in [2.75, 3.05) is 13.2 Å². The number of nitrogens with zero attached hydrogens (tertiary/aromatic N) is 2. The first kappa shape index (κ1) is 12.7. The van der Waals surface area contributed by atoms with E-state index in [9.17, 15) is 4.79 Å². The molecular formula is C14H20N2O3. The maximum absolute atomic E-state index is 11.6. The Hall–Kier alpha value is -1.36. The highest BCUT2D eigenvalue weighted by Gasteiger charge is 2.45. The summed E-state index contributed by atoms with van der Waals surface area (Å²) in [7, 11) is 0. The molecule has 1 saturated carbocycles. The highest BCUT2D eigenvalue weighted by Crippen LogP contribution is 2.48. The van der Waals surface area contributed by atoms with Crippen LogP contribution in [0.25, 0.3) is 0 Å². The van der Waals surface area contributed by atoms with E-state index in [0.29, 0.717) is 6.61 Å². The lowest BCUT2D eigenvalue weighted by molar-refractivity contribution is -0.144. The third-order valence-corrected chi connectivity index (χ3v) is 3.88. The Morgan fingerprint density at radius 2 is 2.47 bits per heavy atom. The lowest BCUT2D eigenvalue weighted by atomic mass is 10.2. The van der Waals surface area contributed by atoms with E-state index in [1.807, 2.05) is 24.0 Å². The molecule has 1 saturated heterocycles. The van der Waals surface area contributed by atoms with Crippen LogP contribution in [0.3, 0.4) is 0 Å². The molecule has 1 aliphatic heterocycles. The summed E-state index contributed by atoms with van der Waals surface area (Å²) in [6.45, 7) is 3.11. The Morgan fingerprint density at radius 1 is 1.58 bits per heavy atom. The van der Waals surface area contributed by atoms with Crippen LogP contribution in [0.1, 0.15) is 50.3 Å². The van der Waals surface area contributed by atoms with Gasteiger partial charge < -0.3 is 9.47 Å². The summed E-state index contributed by atoms with van der Waals surface area (Å²) in [5, 5.41) is 4.38. The van der Waals surface area contributed by atoms with Gasteiger partial charge >= 0.3 is 5.97 Å². The molecule has 0 spiro atoms. The van der Waals surface area contributed by atoms with Gasteiger partial charge in [0.2, 0.25) is 0 Å². The number of carbonyl (C=O) groups excluding carboxylic acids is 1. The quantitative estimate of drug-likeness (QED) is 0.783. The van der Waals surface area contributed by atoms with E-state index < -0.39 is 0 Å². The second-order valence-electron chi connectivity index (χ2n) is 5.28. The van der Waals surface area contributed by atoms with Crippen molar-refractivity contribution in [1.29, 1.82) is 0 Å². The highest BCUT2D eigenvalue weighted by atomic mass is 16.5. The fourth-order valence-electron chi connectivity index (χ4n) is 2.71. The molecule has 19 heavy (non-hydrogen) atoms. The van der Waals surface area contributed by atoms with Crippen LogP contribution in [0.2, 0.25) is 0 Å². The molecule has 0 bridgehead atoms. The Labute approximate surface area is 112 Å². The summed E-state index contributed by atoms with van der Waals surface area (Å²) >= 11 is 0. The van der Waals surface area contributed by atoms with Crippen molar-refractivity contribution in [3.05, 3.63) is 18.0 Å². The fraction of sp³-hybridized carbons (Fsp3) is 0.714. The average Bonchev–Trinajstić information content (AvgIpc) is 3.10. The topological polar surface area (TPSA) is 53.3 Å². The van der Waals surface area contributed by atoms with E-state index in [-0.39, 0.29) is 24.0 Å². The van der Waals surface area contributed by atoms with E-state index in [0.717, 1.165) is 31.4 Å². The number of aromatic nitrogens is 2. The molecule has 3 rings (SSSR count). The monoisotopic (exact) mass is 264 g/mol. The van der Waals surface area contributed by atoms with Crippen LogP contribution in [0.4, 0.5) is 0 Å². The lowest BCUT2D eigenvalue weighted by Gasteiger charge is -2.22. The number of esters is 1. The molecule has 0 N–H and O–H groups in total. The molecule has 2 heterocycles. The largest absolute Gasteiger partial charge is 0.466 e. The summed E-state index contributed by atoms with van der Waals surface area (Å²) in [4.78, 5) is 11.6. The molecule has 104 valence electrons. The van der Waals surface area contributed by atoms with Crippen LogP contribution < -0.4 is 0 Å². The molecule has 1 aromatic heterocycles. The molecule has 5 heteroatoms. The second-order valence-corrected chi connectivity index (χ2v) is 5.28. The molecule has 1 unspecified atom stereocenters. The third kappa shape index (κ3) is 2.66. The molecule has 5 nitrogen and oxygen atoms in total. The maximum atomic E-state index is 11.6. The highest BCUT2D eigenvalue weighted by molar-refractivity contribution is 5.77. The van der Waals surface area contributed by atoms with Gasteiger partial charge in [0.1, 0.15) is 6.23 Å². The molecule has 2 aliphatic rings. The Kier molecular flexibility index (Phi) is 3.55. The predicted octanol–water partition coefficient (Wildman–Crippen LogP) is 2.25. The second kappa shape index (κ2) is 5.33. The minimum absolute atomic E-state index is 0.0323. The average molecular weight is 264 g/mol. The zero-order valence-electron chi connectivity index (χ0n) is 11.2. The standard InChI is InChI=1S/C14H20N2O3/c1-2-18-14(17)12-7-11(12)10-8-15-16(9-10)13-5-3-4-6-19-13/h8-9,11-13H,2-7H2,1H3/t11-,12+,13?/m1/s1. The van der Waals surface area contributed by atoms with Crippen LogP contribution >= 0.6 is 0 Å². The minimum atomic E-state index is -0.0748. The van der Waals surface area contributed by atoms with Gasteiger partial charge in [-0.2, -0.15) is 5.10 Å². The van der Waals surface area contributed by atoms with Gasteiger partial charge in [-0.3, -0.25) is 4.79 Å². The Morgan fingerprint density at radius 3 is 3.21 bits per heavy atom. The van der Waals surface area contributed by atoms with Crippen molar-refractivity contribution in [2.24, 2.45) is 5.92 Å². The summed E-state index contributed by atoms with van der Waals surface area (Å²) in [6.07, 6.45) is 8.19. The van der Waals surface area contributed by atoms with Gasteiger partial charge in [-0.05, 0) is 38.2 Å². The van der Waals surface area contributed by atoms with Crippen molar-refractivity contribution < 1.29 is 14.3 Å². The van der Waals surface area contributed by atoms with Crippen LogP contribution in [0.15, 0.2) is 12.4 Å². The predicted molar refractivity (Wildman–Crippen MR) is 68.5 cm³/mol. The summed E-state index contributed by atoms with van der Waals surface area (Å²) in [5.74, 6) is 0.246. The van der Waals surface area contributed by atoms with Crippen LogP contribution in [0, 0.1) is 5.92 Å². The van der Waals surface area contributed by atoms with Crippen LogP contribution in [0.5, 0.6) is 0 Å². The van der Waals surface area contributed by atoms with Gasteiger partial charge in [0.25, 0.3) is 0 Å². The molecule has 1 aliphatic carbocycles. The molecular weight excluding hydrogens is 244 g/mol. The van der Waals surface area contributed by atoms with Gasteiger partial charge in [0.15, 0.2) is 0 Å². The summed E-state index contributed by atoms with van der Waals surface area (Å²) in [6, 6.07) is 0. The molecule has 0 aromatic carbocycles. The van der Waals surface area contributed by atoms with Crippen molar-refractivity contribution in [3.63, 3.8) is 0 Å². The van der Waals surface area contributed by atoms with E-state index in [2.05, 4.69) is 5.10 Å². The smallest absolute Gasteiger partial charge is 0.309 e. The lowest BCUT2D eigenvalue weighted by Crippen LogP contribution is -2.18. The Bertz CT molecular complexity index is 451. The zero-order chi connectivity index (χ0) is 13.2. The SMILES string of the molecule is CCOC(=O)[C@H]1C[C@@H]1c1cnn(C2CCCCO2)c1. The number of ether oxygens (including phenoxy) is 2.